The van der Waals surface area contributed by atoms with Crippen LogP contribution in [0.1, 0.15) is 29.0 Å². The first kappa shape index (κ1) is 30.7. The van der Waals surface area contributed by atoms with Crippen molar-refractivity contribution in [3.8, 4) is 39.4 Å². The normalized spacial score (nSPS) is 16.1. The molecule has 0 radical (unpaired) electrons. The molecule has 2 aliphatic rings. The lowest BCUT2D eigenvalue weighted by atomic mass is 9.90. The summed E-state index contributed by atoms with van der Waals surface area (Å²) in [6.07, 6.45) is -0.300. The molecule has 0 aliphatic carbocycles. The van der Waals surface area contributed by atoms with Gasteiger partial charge in [0.15, 0.2) is 0 Å². The lowest BCUT2D eigenvalue weighted by Gasteiger charge is -2.32. The molecule has 0 saturated heterocycles. The van der Waals surface area contributed by atoms with Crippen LogP contribution in [-0.2, 0) is 0 Å². The second-order valence-electron chi connectivity index (χ2n) is 14.0. The highest BCUT2D eigenvalue weighted by Crippen LogP contribution is 2.54. The highest BCUT2D eigenvalue weighted by atomic mass is 16.5. The number of benzene rings is 8. The van der Waals surface area contributed by atoms with E-state index in [9.17, 15) is 0 Å². The quantitative estimate of drug-likeness (QED) is 0.193. The average Bonchev–Trinajstić information content (AvgIpc) is 3.51. The summed E-state index contributed by atoms with van der Waals surface area (Å²) in [7, 11) is 0. The van der Waals surface area contributed by atoms with Crippen molar-refractivity contribution in [3.05, 3.63) is 199 Å². The number of aliphatic imine (C=N–C) groups is 1. The monoisotopic (exact) mass is 694 g/mol. The Bertz CT molecular complexity index is 2910. The van der Waals surface area contributed by atoms with E-state index in [2.05, 4.69) is 191 Å². The van der Waals surface area contributed by atoms with Crippen molar-refractivity contribution in [1.82, 2.24) is 15.2 Å². The third-order valence-electron chi connectivity index (χ3n) is 10.9. The van der Waals surface area contributed by atoms with Gasteiger partial charge in [-0.25, -0.2) is 4.99 Å². The van der Waals surface area contributed by atoms with Gasteiger partial charge in [0.1, 0.15) is 29.7 Å². The number of aromatic nitrogens is 1. The van der Waals surface area contributed by atoms with Crippen molar-refractivity contribution in [3.63, 3.8) is 0 Å². The Balaban J connectivity index is 1.14. The number of hydrogen-bond donors (Lipinski definition) is 2. The molecule has 2 aliphatic heterocycles. The fourth-order valence-electron chi connectivity index (χ4n) is 8.44. The predicted octanol–water partition coefficient (Wildman–Crippen LogP) is 11.7. The molecule has 8 aromatic carbocycles. The van der Waals surface area contributed by atoms with Gasteiger partial charge in [0.25, 0.3) is 0 Å². The first-order valence-electron chi connectivity index (χ1n) is 18.5. The van der Waals surface area contributed by atoms with Crippen molar-refractivity contribution in [2.24, 2.45) is 4.99 Å². The molecule has 0 saturated carbocycles. The minimum atomic E-state index is -0.197. The lowest BCUT2D eigenvalue weighted by molar-refractivity contribution is 0.409. The summed E-state index contributed by atoms with van der Waals surface area (Å²) >= 11 is 0. The largest absolute Gasteiger partial charge is 0.455 e. The van der Waals surface area contributed by atoms with Gasteiger partial charge in [0, 0.05) is 33.0 Å². The maximum Gasteiger partial charge on any atom is 0.145 e. The summed E-state index contributed by atoms with van der Waals surface area (Å²) in [6.45, 7) is 0. The number of rotatable bonds is 4. The van der Waals surface area contributed by atoms with Gasteiger partial charge in [0.05, 0.1) is 16.6 Å². The maximum atomic E-state index is 7.04. The van der Waals surface area contributed by atoms with Gasteiger partial charge < -0.3 is 14.6 Å². The molecule has 5 heteroatoms. The SMILES string of the molecule is c1ccc(C2N=C(c3ccc(-n4c5ccccc5c5c6ccccc6c6c(c54)-c4ccccc4-c4ccccc4O6)cc3)NC(c3ccccc3)N2)cc1. The molecule has 9 aromatic rings. The molecular formula is C49H34N4O. The molecule has 3 heterocycles. The summed E-state index contributed by atoms with van der Waals surface area (Å²) in [5, 5.41) is 12.1. The van der Waals surface area contributed by atoms with Crippen molar-refractivity contribution in [2.45, 2.75) is 12.3 Å². The number of fused-ring (bicyclic) bond motifs is 12. The second-order valence-corrected chi connectivity index (χ2v) is 14.0. The number of amidine groups is 1. The Morgan fingerprint density at radius 1 is 0.519 bits per heavy atom. The molecule has 11 rings (SSSR count). The van der Waals surface area contributed by atoms with E-state index in [0.717, 1.165) is 78.4 Å². The van der Waals surface area contributed by atoms with E-state index in [0.29, 0.717) is 0 Å². The van der Waals surface area contributed by atoms with Gasteiger partial charge in [-0.1, -0.05) is 146 Å². The zero-order valence-electron chi connectivity index (χ0n) is 29.3. The van der Waals surface area contributed by atoms with Crippen LogP contribution in [0, 0.1) is 0 Å². The molecular weight excluding hydrogens is 661 g/mol. The fraction of sp³-hybridized carbons (Fsp3) is 0.0408. The Kier molecular flexibility index (Phi) is 7.00. The van der Waals surface area contributed by atoms with Gasteiger partial charge >= 0.3 is 0 Å². The van der Waals surface area contributed by atoms with Gasteiger partial charge in [-0.05, 0) is 64.0 Å². The van der Waals surface area contributed by atoms with Crippen LogP contribution in [0.2, 0.25) is 0 Å². The lowest BCUT2D eigenvalue weighted by Crippen LogP contribution is -2.44. The van der Waals surface area contributed by atoms with E-state index in [4.69, 9.17) is 9.73 Å². The van der Waals surface area contributed by atoms with Crippen LogP contribution >= 0.6 is 0 Å². The van der Waals surface area contributed by atoms with Crippen LogP contribution in [0.15, 0.2) is 187 Å². The molecule has 0 spiro atoms. The van der Waals surface area contributed by atoms with Crippen LogP contribution in [0.3, 0.4) is 0 Å². The molecule has 256 valence electrons. The Morgan fingerprint density at radius 3 is 1.91 bits per heavy atom. The zero-order chi connectivity index (χ0) is 35.6. The van der Waals surface area contributed by atoms with Crippen molar-refractivity contribution in [2.75, 3.05) is 0 Å². The highest BCUT2D eigenvalue weighted by molar-refractivity contribution is 6.28. The fourth-order valence-corrected chi connectivity index (χ4v) is 8.44. The summed E-state index contributed by atoms with van der Waals surface area (Å²) in [5.41, 5.74) is 11.1. The average molecular weight is 695 g/mol. The summed E-state index contributed by atoms with van der Waals surface area (Å²) in [4.78, 5) is 5.21. The van der Waals surface area contributed by atoms with Crippen molar-refractivity contribution >= 4 is 38.4 Å². The van der Waals surface area contributed by atoms with E-state index >= 15 is 0 Å². The third kappa shape index (κ3) is 4.79. The summed E-state index contributed by atoms with van der Waals surface area (Å²) in [6, 6.07) is 64.3. The molecule has 0 amide bonds. The molecule has 54 heavy (non-hydrogen) atoms. The molecule has 2 unspecified atom stereocenters. The topological polar surface area (TPSA) is 50.6 Å². The van der Waals surface area contributed by atoms with E-state index in [-0.39, 0.29) is 12.3 Å². The van der Waals surface area contributed by atoms with E-state index in [1.54, 1.807) is 0 Å². The molecule has 1 aromatic heterocycles. The third-order valence-corrected chi connectivity index (χ3v) is 10.9. The van der Waals surface area contributed by atoms with E-state index in [1.807, 2.05) is 6.07 Å². The van der Waals surface area contributed by atoms with E-state index < -0.39 is 0 Å². The van der Waals surface area contributed by atoms with Crippen LogP contribution in [0.4, 0.5) is 0 Å². The Hall–Kier alpha value is -6.95. The van der Waals surface area contributed by atoms with Crippen molar-refractivity contribution in [1.29, 1.82) is 0 Å². The van der Waals surface area contributed by atoms with Crippen LogP contribution in [-0.4, -0.2) is 10.4 Å². The molecule has 0 fully saturated rings. The summed E-state index contributed by atoms with van der Waals surface area (Å²) in [5.74, 6) is 2.59. The number of para-hydroxylation sites is 2. The van der Waals surface area contributed by atoms with Crippen molar-refractivity contribution < 1.29 is 4.74 Å². The maximum absolute atomic E-state index is 7.04. The predicted molar refractivity (Wildman–Crippen MR) is 220 cm³/mol. The van der Waals surface area contributed by atoms with E-state index in [1.165, 1.54) is 16.2 Å². The minimum Gasteiger partial charge on any atom is -0.455 e. The summed E-state index contributed by atoms with van der Waals surface area (Å²) < 4.78 is 9.47. The van der Waals surface area contributed by atoms with Gasteiger partial charge in [-0.15, -0.1) is 0 Å². The van der Waals surface area contributed by atoms with Crippen LogP contribution in [0.25, 0.3) is 60.5 Å². The van der Waals surface area contributed by atoms with Gasteiger partial charge in [-0.3, -0.25) is 5.32 Å². The number of nitrogens with one attached hydrogen (secondary N) is 2. The van der Waals surface area contributed by atoms with Crippen LogP contribution < -0.4 is 15.4 Å². The second kappa shape index (κ2) is 12.3. The zero-order valence-corrected chi connectivity index (χ0v) is 29.3. The van der Waals surface area contributed by atoms with Gasteiger partial charge in [0.2, 0.25) is 0 Å². The standard InChI is InChI=1S/C49H34N4O/c1-3-15-31(16-4-1)47-50-48(32-17-5-2-6-18-32)52-49(51-47)33-27-29-34(30-28-33)53-41-25-13-11-24-40(41)43-38-22-9-10-23-39(38)46-44(45(43)53)37-21-8-7-19-35(37)36-20-12-14-26-42(36)54-46/h1-30,47-48,50H,(H,51,52). The molecule has 2 N–H and O–H groups in total. The minimum absolute atomic E-state index is 0.103. The van der Waals surface area contributed by atoms with Crippen LogP contribution in [0.5, 0.6) is 11.5 Å². The molecule has 2 atom stereocenters. The smallest absolute Gasteiger partial charge is 0.145 e. The molecule has 5 nitrogen and oxygen atoms in total. The highest BCUT2D eigenvalue weighted by Gasteiger charge is 2.30. The van der Waals surface area contributed by atoms with Gasteiger partial charge in [-0.2, -0.15) is 0 Å². The first-order valence-corrected chi connectivity index (χ1v) is 18.5. The Labute approximate surface area is 312 Å². The Morgan fingerprint density at radius 2 is 1.13 bits per heavy atom. The molecule has 0 bridgehead atoms. The number of nitrogens with zero attached hydrogens (tertiary/aromatic N) is 2. The number of hydrogen-bond acceptors (Lipinski definition) is 4. The number of ether oxygens (including phenoxy) is 1. The first-order chi connectivity index (χ1) is 26.8.